The van der Waals surface area contributed by atoms with Crippen molar-refractivity contribution >= 4 is 11.4 Å². The van der Waals surface area contributed by atoms with Crippen LogP contribution >= 0.6 is 0 Å². The lowest BCUT2D eigenvalue weighted by Gasteiger charge is -2.17. The number of benzene rings is 1. The van der Waals surface area contributed by atoms with Crippen molar-refractivity contribution in [1.82, 2.24) is 0 Å². The zero-order valence-corrected chi connectivity index (χ0v) is 10.4. The molecule has 0 bridgehead atoms. The molecule has 1 aromatic carbocycles. The molecule has 2 atom stereocenters. The lowest BCUT2D eigenvalue weighted by Crippen LogP contribution is -2.27. The lowest BCUT2D eigenvalue weighted by atomic mass is 10.1. The molecule has 7 heteroatoms. The third-order valence-corrected chi connectivity index (χ3v) is 3.40. The van der Waals surface area contributed by atoms with Gasteiger partial charge in [0.1, 0.15) is 5.69 Å². The molecule has 1 N–H and O–H groups in total. The van der Waals surface area contributed by atoms with Gasteiger partial charge in [0.15, 0.2) is 11.5 Å². The molecule has 1 saturated heterocycles. The monoisotopic (exact) mass is 266 g/mol. The average Bonchev–Trinajstić information content (AvgIpc) is 2.97. The first-order valence-corrected chi connectivity index (χ1v) is 6.11. The summed E-state index contributed by atoms with van der Waals surface area (Å²) in [5.41, 5.74) is 0.431. The highest BCUT2D eigenvalue weighted by molar-refractivity contribution is 5.69. The van der Waals surface area contributed by atoms with Crippen molar-refractivity contribution in [3.63, 3.8) is 0 Å². The maximum atomic E-state index is 11.1. The Hall–Kier alpha value is -2.02. The van der Waals surface area contributed by atoms with Crippen LogP contribution in [-0.4, -0.2) is 30.5 Å². The summed E-state index contributed by atoms with van der Waals surface area (Å²) >= 11 is 0. The van der Waals surface area contributed by atoms with Crippen molar-refractivity contribution in [3.05, 3.63) is 22.2 Å². The highest BCUT2D eigenvalue weighted by Crippen LogP contribution is 2.41. The van der Waals surface area contributed by atoms with E-state index < -0.39 is 4.92 Å². The Balaban J connectivity index is 1.92. The summed E-state index contributed by atoms with van der Waals surface area (Å²) in [4.78, 5) is 10.7. The number of hydrogen-bond acceptors (Lipinski definition) is 6. The SMILES string of the molecule is CC1OCCC1Nc1cc2c(cc1[N+](=O)[O-])OCO2. The van der Waals surface area contributed by atoms with Crippen LogP contribution in [0.4, 0.5) is 11.4 Å². The largest absolute Gasteiger partial charge is 0.454 e. The second-order valence-electron chi connectivity index (χ2n) is 4.60. The van der Waals surface area contributed by atoms with Gasteiger partial charge in [-0.05, 0) is 13.3 Å². The van der Waals surface area contributed by atoms with Gasteiger partial charge in [0, 0.05) is 12.7 Å². The summed E-state index contributed by atoms with van der Waals surface area (Å²) in [6, 6.07) is 3.08. The van der Waals surface area contributed by atoms with Gasteiger partial charge < -0.3 is 19.5 Å². The molecule has 19 heavy (non-hydrogen) atoms. The first-order chi connectivity index (χ1) is 9.15. The third-order valence-electron chi connectivity index (χ3n) is 3.40. The molecule has 102 valence electrons. The van der Waals surface area contributed by atoms with Crippen LogP contribution in [0, 0.1) is 10.1 Å². The molecule has 0 spiro atoms. The van der Waals surface area contributed by atoms with Crippen LogP contribution in [0.2, 0.25) is 0 Å². The molecule has 2 unspecified atom stereocenters. The van der Waals surface area contributed by atoms with Crippen LogP contribution in [0.25, 0.3) is 0 Å². The predicted octanol–water partition coefficient (Wildman–Crippen LogP) is 1.91. The number of fused-ring (bicyclic) bond motifs is 1. The Bertz CT molecular complexity index is 519. The van der Waals surface area contributed by atoms with Gasteiger partial charge in [0.2, 0.25) is 6.79 Å². The number of ether oxygens (including phenoxy) is 3. The van der Waals surface area contributed by atoms with Crippen molar-refractivity contribution in [2.75, 3.05) is 18.7 Å². The van der Waals surface area contributed by atoms with Gasteiger partial charge in [-0.1, -0.05) is 0 Å². The van der Waals surface area contributed by atoms with Gasteiger partial charge in [-0.3, -0.25) is 10.1 Å². The van der Waals surface area contributed by atoms with E-state index in [1.54, 1.807) is 6.07 Å². The van der Waals surface area contributed by atoms with Crippen molar-refractivity contribution in [3.8, 4) is 11.5 Å². The Morgan fingerprint density at radius 1 is 1.37 bits per heavy atom. The van der Waals surface area contributed by atoms with E-state index in [1.807, 2.05) is 6.92 Å². The van der Waals surface area contributed by atoms with E-state index in [9.17, 15) is 10.1 Å². The summed E-state index contributed by atoms with van der Waals surface area (Å²) < 4.78 is 15.8. The predicted molar refractivity (Wildman–Crippen MR) is 66.7 cm³/mol. The van der Waals surface area contributed by atoms with E-state index in [0.29, 0.717) is 23.8 Å². The third kappa shape index (κ3) is 2.17. The number of nitro groups is 1. The number of nitrogens with one attached hydrogen (secondary N) is 1. The zero-order valence-electron chi connectivity index (χ0n) is 10.4. The van der Waals surface area contributed by atoms with Gasteiger partial charge >= 0.3 is 0 Å². The molecular weight excluding hydrogens is 252 g/mol. The highest BCUT2D eigenvalue weighted by atomic mass is 16.7. The van der Waals surface area contributed by atoms with Crippen LogP contribution < -0.4 is 14.8 Å². The van der Waals surface area contributed by atoms with Crippen molar-refractivity contribution in [2.45, 2.75) is 25.5 Å². The van der Waals surface area contributed by atoms with Gasteiger partial charge in [-0.2, -0.15) is 0 Å². The molecule has 1 fully saturated rings. The first-order valence-electron chi connectivity index (χ1n) is 6.11. The number of nitrogens with zero attached hydrogens (tertiary/aromatic N) is 1. The van der Waals surface area contributed by atoms with Crippen LogP contribution in [0.5, 0.6) is 11.5 Å². The fourth-order valence-corrected chi connectivity index (χ4v) is 2.32. The molecule has 2 aliphatic rings. The standard InChI is InChI=1S/C12H14N2O5/c1-7-8(2-3-17-7)13-9-4-11-12(19-6-18-11)5-10(9)14(15)16/h4-5,7-8,13H,2-3,6H2,1H3. The van der Waals surface area contributed by atoms with E-state index in [2.05, 4.69) is 5.32 Å². The zero-order chi connectivity index (χ0) is 13.4. The number of anilines is 1. The van der Waals surface area contributed by atoms with Crippen molar-refractivity contribution < 1.29 is 19.1 Å². The van der Waals surface area contributed by atoms with E-state index in [-0.39, 0.29) is 24.6 Å². The smallest absolute Gasteiger partial charge is 0.296 e. The summed E-state index contributed by atoms with van der Waals surface area (Å²) in [6.07, 6.45) is 0.859. The average molecular weight is 266 g/mol. The van der Waals surface area contributed by atoms with Crippen molar-refractivity contribution in [2.24, 2.45) is 0 Å². The van der Waals surface area contributed by atoms with Crippen molar-refractivity contribution in [1.29, 1.82) is 0 Å². The van der Waals surface area contributed by atoms with Gasteiger partial charge in [0.05, 0.1) is 23.1 Å². The molecular formula is C12H14N2O5. The van der Waals surface area contributed by atoms with Crippen LogP contribution in [0.1, 0.15) is 13.3 Å². The van der Waals surface area contributed by atoms with Gasteiger partial charge in [-0.25, -0.2) is 0 Å². The number of hydrogen-bond donors (Lipinski definition) is 1. The Morgan fingerprint density at radius 2 is 2.11 bits per heavy atom. The first kappa shape index (κ1) is 12.0. The minimum atomic E-state index is -0.426. The molecule has 2 aliphatic heterocycles. The summed E-state index contributed by atoms with van der Waals surface area (Å²) in [5.74, 6) is 0.938. The molecule has 0 aliphatic carbocycles. The Labute approximate surface area is 109 Å². The summed E-state index contributed by atoms with van der Waals surface area (Å²) in [6.45, 7) is 2.71. The molecule has 0 aromatic heterocycles. The highest BCUT2D eigenvalue weighted by Gasteiger charge is 2.29. The Morgan fingerprint density at radius 3 is 2.74 bits per heavy atom. The fourth-order valence-electron chi connectivity index (χ4n) is 2.32. The molecule has 1 aromatic rings. The quantitative estimate of drug-likeness (QED) is 0.664. The second-order valence-corrected chi connectivity index (χ2v) is 4.60. The maximum absolute atomic E-state index is 11.1. The normalized spacial score (nSPS) is 24.5. The number of nitro benzene ring substituents is 1. The lowest BCUT2D eigenvalue weighted by molar-refractivity contribution is -0.384. The minimum Gasteiger partial charge on any atom is -0.454 e. The van der Waals surface area contributed by atoms with E-state index in [1.165, 1.54) is 6.07 Å². The van der Waals surface area contributed by atoms with E-state index in [4.69, 9.17) is 14.2 Å². The molecule has 3 rings (SSSR count). The van der Waals surface area contributed by atoms with Crippen LogP contribution in [0.3, 0.4) is 0 Å². The Kier molecular flexibility index (Phi) is 2.90. The minimum absolute atomic E-state index is 0.0108. The molecule has 0 radical (unpaired) electrons. The molecule has 2 heterocycles. The second kappa shape index (κ2) is 4.58. The summed E-state index contributed by atoms with van der Waals surface area (Å²) in [5, 5.41) is 14.3. The topological polar surface area (TPSA) is 82.9 Å². The van der Waals surface area contributed by atoms with Crippen LogP contribution in [0.15, 0.2) is 12.1 Å². The summed E-state index contributed by atoms with van der Waals surface area (Å²) in [7, 11) is 0. The molecule has 7 nitrogen and oxygen atoms in total. The van der Waals surface area contributed by atoms with E-state index in [0.717, 1.165) is 6.42 Å². The molecule has 0 amide bonds. The fraction of sp³-hybridized carbons (Fsp3) is 0.500. The van der Waals surface area contributed by atoms with E-state index >= 15 is 0 Å². The number of rotatable bonds is 3. The molecule has 0 saturated carbocycles. The van der Waals surface area contributed by atoms with Gasteiger partial charge in [-0.15, -0.1) is 0 Å². The maximum Gasteiger partial charge on any atom is 0.296 e. The van der Waals surface area contributed by atoms with Gasteiger partial charge in [0.25, 0.3) is 5.69 Å². The van der Waals surface area contributed by atoms with Crippen LogP contribution in [-0.2, 0) is 4.74 Å².